The number of esters is 2. The molecule has 0 radical (unpaired) electrons. The van der Waals surface area contributed by atoms with Gasteiger partial charge >= 0.3 is 11.9 Å². The smallest absolute Gasteiger partial charge is 0.333 e. The maximum absolute atomic E-state index is 10.7. The average molecular weight is 270 g/mol. The number of rotatable bonds is 5. The highest BCUT2D eigenvalue weighted by Crippen LogP contribution is 2.09. The van der Waals surface area contributed by atoms with E-state index in [0.717, 1.165) is 6.08 Å². The molecule has 1 unspecified atom stereocenters. The van der Waals surface area contributed by atoms with Gasteiger partial charge in [0, 0.05) is 11.6 Å². The Kier molecular flexibility index (Phi) is 12.9. The molecule has 0 spiro atoms. The zero-order valence-corrected chi connectivity index (χ0v) is 11.6. The van der Waals surface area contributed by atoms with Gasteiger partial charge in [-0.25, -0.2) is 9.59 Å². The van der Waals surface area contributed by atoms with Gasteiger partial charge in [0.25, 0.3) is 0 Å². The predicted molar refractivity (Wildman–Crippen MR) is 73.6 cm³/mol. The van der Waals surface area contributed by atoms with Crippen molar-refractivity contribution in [1.29, 1.82) is 0 Å². The van der Waals surface area contributed by atoms with Crippen LogP contribution in [-0.4, -0.2) is 37.9 Å². The first-order chi connectivity index (χ1) is 9.01. The molecule has 108 valence electrons. The van der Waals surface area contributed by atoms with Crippen LogP contribution in [0.25, 0.3) is 0 Å². The van der Waals surface area contributed by atoms with Crippen LogP contribution in [0.3, 0.4) is 0 Å². The molecular weight excluding hydrogens is 248 g/mol. The molecule has 5 heteroatoms. The van der Waals surface area contributed by atoms with E-state index in [2.05, 4.69) is 31.1 Å². The third-order valence-electron chi connectivity index (χ3n) is 1.60. The summed E-state index contributed by atoms with van der Waals surface area (Å²) >= 11 is 0. The van der Waals surface area contributed by atoms with Crippen molar-refractivity contribution in [3.05, 3.63) is 38.0 Å². The SMILES string of the molecule is C=C.C=C(C)C(=O)OCC1CO1.C=CC(=O)OCC. The lowest BCUT2D eigenvalue weighted by molar-refractivity contribution is -0.139. The van der Waals surface area contributed by atoms with Gasteiger partial charge in [0.05, 0.1) is 13.2 Å². The molecule has 0 aromatic carbocycles. The summed E-state index contributed by atoms with van der Waals surface area (Å²) in [5, 5.41) is 0. The highest BCUT2D eigenvalue weighted by molar-refractivity contribution is 5.86. The number of carbonyl (C=O) groups is 2. The van der Waals surface area contributed by atoms with Crippen molar-refractivity contribution < 1.29 is 23.8 Å². The first-order valence-electron chi connectivity index (χ1n) is 5.74. The Balaban J connectivity index is 0. The zero-order valence-electron chi connectivity index (χ0n) is 11.6. The van der Waals surface area contributed by atoms with Crippen molar-refractivity contribution in [2.75, 3.05) is 19.8 Å². The fraction of sp³-hybridized carbons (Fsp3) is 0.429. The molecule has 0 bridgehead atoms. The lowest BCUT2D eigenvalue weighted by Crippen LogP contribution is -2.09. The Labute approximate surface area is 114 Å². The molecule has 5 nitrogen and oxygen atoms in total. The third-order valence-corrected chi connectivity index (χ3v) is 1.60. The predicted octanol–water partition coefficient (Wildman–Crippen LogP) is 2.04. The zero-order chi connectivity index (χ0) is 15.3. The first-order valence-corrected chi connectivity index (χ1v) is 5.74. The van der Waals surface area contributed by atoms with Crippen LogP contribution in [0.1, 0.15) is 13.8 Å². The summed E-state index contributed by atoms with van der Waals surface area (Å²) in [4.78, 5) is 20.8. The number of carbonyl (C=O) groups excluding carboxylic acids is 2. The highest BCUT2D eigenvalue weighted by atomic mass is 16.6. The average Bonchev–Trinajstić information content (AvgIpc) is 3.23. The summed E-state index contributed by atoms with van der Waals surface area (Å²) in [5.74, 6) is -0.696. The monoisotopic (exact) mass is 270 g/mol. The van der Waals surface area contributed by atoms with E-state index < -0.39 is 0 Å². The van der Waals surface area contributed by atoms with Crippen molar-refractivity contribution in [2.45, 2.75) is 20.0 Å². The van der Waals surface area contributed by atoms with Gasteiger partial charge in [0.1, 0.15) is 12.7 Å². The first kappa shape index (κ1) is 19.5. The Morgan fingerprint density at radius 3 is 2.16 bits per heavy atom. The molecule has 0 aromatic heterocycles. The molecule has 1 aliphatic heterocycles. The maximum atomic E-state index is 10.7. The summed E-state index contributed by atoms with van der Waals surface area (Å²) in [7, 11) is 0. The Hall–Kier alpha value is -1.88. The lowest BCUT2D eigenvalue weighted by atomic mass is 10.4. The molecule has 0 amide bonds. The molecule has 1 rings (SSSR count). The normalized spacial score (nSPS) is 14.5. The van der Waals surface area contributed by atoms with Crippen molar-refractivity contribution in [3.63, 3.8) is 0 Å². The number of hydrogen-bond donors (Lipinski definition) is 0. The van der Waals surface area contributed by atoms with Gasteiger partial charge in [-0.05, 0) is 13.8 Å². The Morgan fingerprint density at radius 1 is 1.37 bits per heavy atom. The van der Waals surface area contributed by atoms with Gasteiger partial charge in [-0.2, -0.15) is 0 Å². The summed E-state index contributed by atoms with van der Waals surface area (Å²) in [5.41, 5.74) is 0.431. The molecule has 19 heavy (non-hydrogen) atoms. The third kappa shape index (κ3) is 14.1. The molecule has 1 aliphatic rings. The van der Waals surface area contributed by atoms with Gasteiger partial charge in [-0.3, -0.25) is 0 Å². The van der Waals surface area contributed by atoms with Crippen LogP contribution in [0.2, 0.25) is 0 Å². The second kappa shape index (κ2) is 12.6. The lowest BCUT2D eigenvalue weighted by Gasteiger charge is -1.99. The Morgan fingerprint density at radius 2 is 1.89 bits per heavy atom. The molecule has 1 fully saturated rings. The summed E-state index contributed by atoms with van der Waals surface area (Å²) < 4.78 is 14.0. The maximum Gasteiger partial charge on any atom is 0.333 e. The van der Waals surface area contributed by atoms with E-state index in [1.165, 1.54) is 0 Å². The van der Waals surface area contributed by atoms with E-state index >= 15 is 0 Å². The molecule has 1 saturated heterocycles. The fourth-order valence-electron chi connectivity index (χ4n) is 0.657. The summed E-state index contributed by atoms with van der Waals surface area (Å²) in [6, 6.07) is 0. The minimum Gasteiger partial charge on any atom is -0.463 e. The van der Waals surface area contributed by atoms with E-state index in [9.17, 15) is 9.59 Å². The van der Waals surface area contributed by atoms with Crippen LogP contribution in [0, 0.1) is 0 Å². The van der Waals surface area contributed by atoms with Gasteiger partial charge in [-0.1, -0.05) is 13.2 Å². The van der Waals surface area contributed by atoms with E-state index in [4.69, 9.17) is 9.47 Å². The van der Waals surface area contributed by atoms with Crippen LogP contribution >= 0.6 is 0 Å². The second-order valence-corrected chi connectivity index (χ2v) is 3.29. The van der Waals surface area contributed by atoms with Crippen LogP contribution in [0.4, 0.5) is 0 Å². The molecular formula is C14H22O5. The van der Waals surface area contributed by atoms with Gasteiger partial charge in [0.2, 0.25) is 0 Å². The van der Waals surface area contributed by atoms with Crippen LogP contribution in [0.15, 0.2) is 38.0 Å². The molecule has 0 aliphatic carbocycles. The standard InChI is InChI=1S/C7H10O3.C5H8O2.C2H4/c1-5(2)7(8)10-4-6-3-9-6;1-3-5(6)7-4-2;1-2/h6H,1,3-4H2,2H3;3H,1,4H2,2H3;1-2H2. The highest BCUT2D eigenvalue weighted by Gasteiger charge is 2.24. The number of hydrogen-bond acceptors (Lipinski definition) is 5. The van der Waals surface area contributed by atoms with Crippen LogP contribution < -0.4 is 0 Å². The van der Waals surface area contributed by atoms with Crippen molar-refractivity contribution in [2.24, 2.45) is 0 Å². The minimum absolute atomic E-state index is 0.142. The fourth-order valence-corrected chi connectivity index (χ4v) is 0.657. The topological polar surface area (TPSA) is 65.1 Å². The summed E-state index contributed by atoms with van der Waals surface area (Å²) in [6.07, 6.45) is 1.28. The van der Waals surface area contributed by atoms with Crippen LogP contribution in [0.5, 0.6) is 0 Å². The van der Waals surface area contributed by atoms with Crippen molar-refractivity contribution in [3.8, 4) is 0 Å². The van der Waals surface area contributed by atoms with Crippen molar-refractivity contribution in [1.82, 2.24) is 0 Å². The van der Waals surface area contributed by atoms with E-state index in [1.807, 2.05) is 0 Å². The van der Waals surface area contributed by atoms with Gasteiger partial charge in [0.15, 0.2) is 0 Å². The quantitative estimate of drug-likeness (QED) is 0.331. The van der Waals surface area contributed by atoms with E-state index in [0.29, 0.717) is 25.4 Å². The minimum atomic E-state index is -0.359. The van der Waals surface area contributed by atoms with Gasteiger partial charge in [-0.15, -0.1) is 13.2 Å². The number of epoxide rings is 1. The molecule has 1 heterocycles. The van der Waals surface area contributed by atoms with E-state index in [1.54, 1.807) is 13.8 Å². The van der Waals surface area contributed by atoms with E-state index in [-0.39, 0.29) is 18.0 Å². The van der Waals surface area contributed by atoms with Gasteiger partial charge < -0.3 is 14.2 Å². The van der Waals surface area contributed by atoms with Crippen molar-refractivity contribution >= 4 is 11.9 Å². The Bertz CT molecular complexity index is 305. The largest absolute Gasteiger partial charge is 0.463 e. The van der Waals surface area contributed by atoms with Crippen LogP contribution in [-0.2, 0) is 23.8 Å². The summed E-state index contributed by atoms with van der Waals surface area (Å²) in [6.45, 7) is 17.5. The molecule has 0 aromatic rings. The molecule has 1 atom stereocenters. The second-order valence-electron chi connectivity index (χ2n) is 3.29. The molecule has 0 N–H and O–H groups in total. The number of ether oxygens (including phenoxy) is 3. The molecule has 0 saturated carbocycles.